The maximum atomic E-state index is 13.2. The molecular formula is C28H24F6N2O. The van der Waals surface area contributed by atoms with Crippen molar-refractivity contribution >= 4 is 11.5 Å². The number of aromatic nitrogens is 1. The van der Waals surface area contributed by atoms with Crippen molar-refractivity contribution in [3.63, 3.8) is 0 Å². The second-order valence-electron chi connectivity index (χ2n) is 8.21. The van der Waals surface area contributed by atoms with E-state index in [1.54, 1.807) is 12.4 Å². The van der Waals surface area contributed by atoms with Crippen molar-refractivity contribution in [2.24, 2.45) is 0 Å². The van der Waals surface area contributed by atoms with Crippen LogP contribution in [0.1, 0.15) is 40.7 Å². The van der Waals surface area contributed by atoms with E-state index in [9.17, 15) is 31.1 Å². The van der Waals surface area contributed by atoms with E-state index in [-0.39, 0.29) is 16.7 Å². The fraction of sp³-hybridized carbons (Fsp3) is 0.214. The molecule has 9 heteroatoms. The molecule has 194 valence electrons. The minimum Gasteiger partial charge on any atom is -0.353 e. The van der Waals surface area contributed by atoms with E-state index in [1.807, 2.05) is 12.1 Å². The fourth-order valence-electron chi connectivity index (χ4n) is 3.59. The van der Waals surface area contributed by atoms with Crippen LogP contribution in [0.5, 0.6) is 0 Å². The number of benzene rings is 2. The Morgan fingerprint density at radius 1 is 0.838 bits per heavy atom. The number of nitrogens with one attached hydrogen (secondary N) is 1. The molecule has 0 aliphatic heterocycles. The van der Waals surface area contributed by atoms with Crippen molar-refractivity contribution in [1.29, 1.82) is 0 Å². The zero-order valence-electron chi connectivity index (χ0n) is 19.6. The summed E-state index contributed by atoms with van der Waals surface area (Å²) in [5, 5.41) is 2.71. The third-order valence-corrected chi connectivity index (χ3v) is 5.43. The first kappa shape index (κ1) is 27.7. The summed E-state index contributed by atoms with van der Waals surface area (Å²) in [4.78, 5) is 16.2. The molecular weight excluding hydrogens is 494 g/mol. The summed E-state index contributed by atoms with van der Waals surface area (Å²) < 4.78 is 79.5. The van der Waals surface area contributed by atoms with Crippen molar-refractivity contribution in [2.45, 2.75) is 31.6 Å². The highest BCUT2D eigenvalue weighted by atomic mass is 19.4. The lowest BCUT2D eigenvalue weighted by Gasteiger charge is -2.14. The molecule has 3 aromatic rings. The van der Waals surface area contributed by atoms with Gasteiger partial charge in [0, 0.05) is 25.0 Å². The molecule has 0 atom stereocenters. The van der Waals surface area contributed by atoms with Crippen LogP contribution in [0.3, 0.4) is 0 Å². The molecule has 0 spiro atoms. The predicted octanol–water partition coefficient (Wildman–Crippen LogP) is 7.25. The standard InChI is InChI=1S/C28H24F6N2O/c29-27(30,31)23-11-3-9-21(17-23)25(22-10-4-12-24(18-22)28(32,33)34)13-5-14-26(37)36-16-2-1-7-20-8-6-15-35-19-20/h3-6,8-15,17-19H,1-2,7,16H2,(H,36,37). The Morgan fingerprint density at radius 2 is 1.46 bits per heavy atom. The van der Waals surface area contributed by atoms with Gasteiger partial charge in [0.15, 0.2) is 0 Å². The maximum Gasteiger partial charge on any atom is 0.416 e. The van der Waals surface area contributed by atoms with E-state index in [0.717, 1.165) is 49.1 Å². The molecule has 0 bridgehead atoms. The van der Waals surface area contributed by atoms with Crippen molar-refractivity contribution in [3.05, 3.63) is 119 Å². The first-order valence-electron chi connectivity index (χ1n) is 11.4. The molecule has 1 heterocycles. The number of carbonyl (C=O) groups is 1. The van der Waals surface area contributed by atoms with Gasteiger partial charge >= 0.3 is 12.4 Å². The number of alkyl halides is 6. The molecule has 0 saturated heterocycles. The highest BCUT2D eigenvalue weighted by Gasteiger charge is 2.32. The maximum absolute atomic E-state index is 13.2. The van der Waals surface area contributed by atoms with E-state index in [1.165, 1.54) is 42.5 Å². The van der Waals surface area contributed by atoms with E-state index >= 15 is 0 Å². The molecule has 37 heavy (non-hydrogen) atoms. The molecule has 1 amide bonds. The summed E-state index contributed by atoms with van der Waals surface area (Å²) in [5.74, 6) is -0.426. The van der Waals surface area contributed by atoms with Gasteiger partial charge in [0.25, 0.3) is 0 Å². The van der Waals surface area contributed by atoms with Gasteiger partial charge in [-0.1, -0.05) is 42.5 Å². The molecule has 0 saturated carbocycles. The second-order valence-corrected chi connectivity index (χ2v) is 8.21. The summed E-state index contributed by atoms with van der Waals surface area (Å²) in [6, 6.07) is 12.4. The van der Waals surface area contributed by atoms with Crippen LogP contribution in [0.2, 0.25) is 0 Å². The van der Waals surface area contributed by atoms with Crippen molar-refractivity contribution in [3.8, 4) is 0 Å². The molecule has 0 radical (unpaired) electrons. The summed E-state index contributed by atoms with van der Waals surface area (Å²) >= 11 is 0. The van der Waals surface area contributed by atoms with Crippen LogP contribution in [0.4, 0.5) is 26.3 Å². The third-order valence-electron chi connectivity index (χ3n) is 5.43. The number of nitrogens with zero attached hydrogens (tertiary/aromatic N) is 1. The molecule has 0 aliphatic rings. The predicted molar refractivity (Wildman–Crippen MR) is 129 cm³/mol. The van der Waals surface area contributed by atoms with Crippen LogP contribution in [0, 0.1) is 0 Å². The third kappa shape index (κ3) is 8.63. The van der Waals surface area contributed by atoms with E-state index in [0.29, 0.717) is 6.54 Å². The molecule has 0 fully saturated rings. The monoisotopic (exact) mass is 518 g/mol. The molecule has 1 aromatic heterocycles. The molecule has 1 N–H and O–H groups in total. The van der Waals surface area contributed by atoms with Crippen LogP contribution in [-0.4, -0.2) is 17.4 Å². The highest BCUT2D eigenvalue weighted by molar-refractivity contribution is 5.89. The molecule has 3 rings (SSSR count). The van der Waals surface area contributed by atoms with Gasteiger partial charge in [0.05, 0.1) is 11.1 Å². The summed E-state index contributed by atoms with van der Waals surface area (Å²) in [5.41, 5.74) is -0.538. The molecule has 0 aliphatic carbocycles. The number of hydrogen-bond acceptors (Lipinski definition) is 2. The van der Waals surface area contributed by atoms with Gasteiger partial charge in [-0.3, -0.25) is 9.78 Å². The Morgan fingerprint density at radius 3 is 2.00 bits per heavy atom. The Labute approximate surface area is 210 Å². The van der Waals surface area contributed by atoms with Gasteiger partial charge < -0.3 is 5.32 Å². The number of pyridine rings is 1. The lowest BCUT2D eigenvalue weighted by molar-refractivity contribution is -0.138. The number of halogens is 6. The van der Waals surface area contributed by atoms with Gasteiger partial charge in [-0.2, -0.15) is 26.3 Å². The summed E-state index contributed by atoms with van der Waals surface area (Å²) in [6.07, 6.45) is 0.421. The Bertz CT molecular complexity index is 1190. The van der Waals surface area contributed by atoms with Gasteiger partial charge in [0.2, 0.25) is 5.91 Å². The number of rotatable bonds is 9. The SMILES string of the molecule is O=C(C=CC=C(c1cccc(C(F)(F)F)c1)c1cccc(C(F)(F)F)c1)NCCCCc1cccnc1. The lowest BCUT2D eigenvalue weighted by atomic mass is 9.94. The van der Waals surface area contributed by atoms with Crippen LogP contribution in [-0.2, 0) is 23.6 Å². The van der Waals surface area contributed by atoms with Crippen LogP contribution in [0.15, 0.2) is 91.3 Å². The largest absolute Gasteiger partial charge is 0.416 e. The first-order chi connectivity index (χ1) is 17.5. The van der Waals surface area contributed by atoms with Crippen LogP contribution >= 0.6 is 0 Å². The number of hydrogen-bond donors (Lipinski definition) is 1. The molecule has 0 unspecified atom stereocenters. The van der Waals surface area contributed by atoms with E-state index < -0.39 is 29.4 Å². The van der Waals surface area contributed by atoms with Gasteiger partial charge in [0.1, 0.15) is 0 Å². The Hall–Kier alpha value is -3.88. The van der Waals surface area contributed by atoms with Gasteiger partial charge in [-0.05, 0) is 71.9 Å². The number of carbonyl (C=O) groups excluding carboxylic acids is 1. The van der Waals surface area contributed by atoms with Crippen molar-refractivity contribution in [2.75, 3.05) is 6.54 Å². The van der Waals surface area contributed by atoms with Gasteiger partial charge in [-0.15, -0.1) is 0 Å². The minimum atomic E-state index is -4.62. The van der Waals surface area contributed by atoms with Crippen molar-refractivity contribution < 1.29 is 31.1 Å². The minimum absolute atomic E-state index is 0.0645. The smallest absolute Gasteiger partial charge is 0.353 e. The number of aryl methyl sites for hydroxylation is 1. The van der Waals surface area contributed by atoms with E-state index in [2.05, 4.69) is 10.3 Å². The average Bonchev–Trinajstić information content (AvgIpc) is 2.86. The normalized spacial score (nSPS) is 11.9. The summed E-state index contributed by atoms with van der Waals surface area (Å²) in [7, 11) is 0. The topological polar surface area (TPSA) is 42.0 Å². The zero-order valence-corrected chi connectivity index (χ0v) is 19.6. The zero-order chi connectivity index (χ0) is 26.9. The average molecular weight is 519 g/mol. The number of allylic oxidation sites excluding steroid dienone is 2. The van der Waals surface area contributed by atoms with Crippen LogP contribution < -0.4 is 5.32 Å². The first-order valence-corrected chi connectivity index (χ1v) is 11.4. The lowest BCUT2D eigenvalue weighted by Crippen LogP contribution is -2.22. The van der Waals surface area contributed by atoms with Gasteiger partial charge in [-0.25, -0.2) is 0 Å². The number of unbranched alkanes of at least 4 members (excludes halogenated alkanes) is 1. The fourth-order valence-corrected chi connectivity index (χ4v) is 3.59. The quantitative estimate of drug-likeness (QED) is 0.140. The number of amides is 1. The van der Waals surface area contributed by atoms with Crippen molar-refractivity contribution in [1.82, 2.24) is 10.3 Å². The van der Waals surface area contributed by atoms with Crippen LogP contribution in [0.25, 0.3) is 5.57 Å². The molecule has 2 aromatic carbocycles. The Balaban J connectivity index is 1.74. The summed E-state index contributed by atoms with van der Waals surface area (Å²) in [6.45, 7) is 0.418. The molecule has 3 nitrogen and oxygen atoms in total. The van der Waals surface area contributed by atoms with E-state index in [4.69, 9.17) is 0 Å². The second kappa shape index (κ2) is 12.4. The highest BCUT2D eigenvalue weighted by Crippen LogP contribution is 2.35. The Kier molecular flexibility index (Phi) is 9.27.